The normalized spacial score (nSPS) is 18.3. The first kappa shape index (κ1) is 29.6. The Morgan fingerprint density at radius 3 is 2.62 bits per heavy atom. The molecule has 42 heavy (non-hydrogen) atoms. The van der Waals surface area contributed by atoms with Crippen LogP contribution in [-0.4, -0.2) is 54.8 Å². The number of carbonyl (C=O) groups excluding carboxylic acids is 2. The van der Waals surface area contributed by atoms with Crippen LogP contribution < -0.4 is 15.4 Å². The molecule has 1 aliphatic heterocycles. The maximum Gasteiger partial charge on any atom is 0.389 e. The predicted octanol–water partition coefficient (Wildman–Crippen LogP) is 4.40. The number of benzene rings is 2. The number of halogens is 3. The highest BCUT2D eigenvalue weighted by atomic mass is 32.2. The Bertz CT molecular complexity index is 1630. The minimum atomic E-state index is -4.23. The van der Waals surface area contributed by atoms with Crippen molar-refractivity contribution in [2.24, 2.45) is 0 Å². The molecule has 9 nitrogen and oxygen atoms in total. The van der Waals surface area contributed by atoms with Gasteiger partial charge in [0.15, 0.2) is 15.7 Å². The van der Waals surface area contributed by atoms with E-state index < -0.39 is 45.5 Å². The Hall–Kier alpha value is -3.87. The summed E-state index contributed by atoms with van der Waals surface area (Å²) in [6.45, 7) is 1.88. The van der Waals surface area contributed by atoms with Crippen molar-refractivity contribution in [1.82, 2.24) is 15.1 Å². The first-order valence-corrected chi connectivity index (χ1v) is 15.6. The molecule has 224 valence electrons. The lowest BCUT2D eigenvalue weighted by atomic mass is 9.72. The van der Waals surface area contributed by atoms with E-state index in [0.717, 1.165) is 29.4 Å². The van der Waals surface area contributed by atoms with Crippen molar-refractivity contribution in [2.45, 2.75) is 57.2 Å². The van der Waals surface area contributed by atoms with Gasteiger partial charge in [0.05, 0.1) is 23.5 Å². The van der Waals surface area contributed by atoms with Crippen molar-refractivity contribution in [3.05, 3.63) is 70.4 Å². The van der Waals surface area contributed by atoms with Crippen molar-refractivity contribution in [1.29, 1.82) is 0 Å². The summed E-state index contributed by atoms with van der Waals surface area (Å²) in [7, 11) is -3.61. The molecule has 0 unspecified atom stereocenters. The minimum Gasteiger partial charge on any atom is -0.494 e. The van der Waals surface area contributed by atoms with E-state index in [2.05, 4.69) is 15.7 Å². The zero-order valence-electron chi connectivity index (χ0n) is 23.2. The monoisotopic (exact) mass is 604 g/mol. The number of hydrogen-bond donors (Lipinski definition) is 2. The number of anilines is 1. The third-order valence-corrected chi connectivity index (χ3v) is 8.26. The van der Waals surface area contributed by atoms with E-state index in [4.69, 9.17) is 4.74 Å². The maximum atomic E-state index is 13.7. The van der Waals surface area contributed by atoms with Crippen molar-refractivity contribution in [3.8, 4) is 11.4 Å². The van der Waals surface area contributed by atoms with Gasteiger partial charge in [-0.25, -0.2) is 13.1 Å². The summed E-state index contributed by atoms with van der Waals surface area (Å²) in [5.41, 5.74) is 3.45. The SMILES string of the molecule is Cc1ccc(-n2nc(NC(=O)CS(C)(=O)=O)c3c2C[C@]2(CCCc4cc(OCCCC(F)(F)F)ccc42)NC3=O)cc1. The second kappa shape index (κ2) is 11.1. The van der Waals surface area contributed by atoms with Crippen LogP contribution in [0.25, 0.3) is 5.69 Å². The number of rotatable bonds is 8. The smallest absolute Gasteiger partial charge is 0.389 e. The molecule has 2 heterocycles. The number of nitrogens with zero attached hydrogens (tertiary/aromatic N) is 2. The van der Waals surface area contributed by atoms with Crippen LogP contribution in [0.5, 0.6) is 5.75 Å². The third kappa shape index (κ3) is 6.45. The molecule has 1 aliphatic carbocycles. The van der Waals surface area contributed by atoms with E-state index in [1.807, 2.05) is 43.3 Å². The molecule has 0 bridgehead atoms. The first-order chi connectivity index (χ1) is 19.7. The zero-order chi connectivity index (χ0) is 30.3. The Kier molecular flexibility index (Phi) is 7.82. The number of nitrogens with one attached hydrogen (secondary N) is 2. The summed E-state index contributed by atoms with van der Waals surface area (Å²) in [4.78, 5) is 26.2. The van der Waals surface area contributed by atoms with Crippen molar-refractivity contribution in [3.63, 3.8) is 0 Å². The van der Waals surface area contributed by atoms with Gasteiger partial charge in [0.1, 0.15) is 17.1 Å². The molecule has 5 rings (SSSR count). The highest BCUT2D eigenvalue weighted by molar-refractivity contribution is 7.91. The fraction of sp³-hybridized carbons (Fsp3) is 0.414. The fourth-order valence-corrected chi connectivity index (χ4v) is 6.23. The molecule has 1 aromatic heterocycles. The summed E-state index contributed by atoms with van der Waals surface area (Å²) >= 11 is 0. The molecule has 0 saturated carbocycles. The number of fused-ring (bicyclic) bond motifs is 3. The predicted molar refractivity (Wildman–Crippen MR) is 150 cm³/mol. The highest BCUT2D eigenvalue weighted by Crippen LogP contribution is 2.43. The number of sulfone groups is 1. The number of ether oxygens (including phenoxy) is 1. The van der Waals surface area contributed by atoms with Gasteiger partial charge < -0.3 is 15.4 Å². The van der Waals surface area contributed by atoms with Crippen LogP contribution in [0.1, 0.15) is 58.4 Å². The molecule has 3 aromatic rings. The van der Waals surface area contributed by atoms with Gasteiger partial charge in [-0.15, -0.1) is 5.10 Å². The molecule has 1 atom stereocenters. The van der Waals surface area contributed by atoms with Crippen molar-refractivity contribution < 1.29 is 35.9 Å². The molecular weight excluding hydrogens is 573 g/mol. The fourth-order valence-electron chi connectivity index (χ4n) is 5.68. The van der Waals surface area contributed by atoms with Gasteiger partial charge in [-0.1, -0.05) is 23.8 Å². The van der Waals surface area contributed by atoms with Gasteiger partial charge in [0.2, 0.25) is 5.91 Å². The zero-order valence-corrected chi connectivity index (χ0v) is 24.0. The second-order valence-electron chi connectivity index (χ2n) is 11.0. The van der Waals surface area contributed by atoms with E-state index in [0.29, 0.717) is 36.4 Å². The van der Waals surface area contributed by atoms with Gasteiger partial charge in [0, 0.05) is 19.1 Å². The van der Waals surface area contributed by atoms with E-state index in [9.17, 15) is 31.2 Å². The number of aromatic nitrogens is 2. The van der Waals surface area contributed by atoms with Crippen LogP contribution in [0.2, 0.25) is 0 Å². The van der Waals surface area contributed by atoms with Gasteiger partial charge in [-0.3, -0.25) is 9.59 Å². The largest absolute Gasteiger partial charge is 0.494 e. The molecule has 2 amide bonds. The molecule has 0 saturated heterocycles. The number of alkyl halides is 3. The maximum absolute atomic E-state index is 13.7. The standard InChI is InChI=1S/C29H31F3N4O5S/c1-18-6-8-20(9-7-18)36-23-16-28(34-27(38)25(23)26(35-36)33-24(37)17-42(2,39)40)12-3-5-19-15-21(10-11-22(19)28)41-14-4-13-29(30,31)32/h6-11,15H,3-5,12-14,16-17H2,1-2H3,(H,34,38)(H,33,35,37)/t28-/m0/s1. The second-order valence-corrected chi connectivity index (χ2v) is 13.1. The highest BCUT2D eigenvalue weighted by Gasteiger charge is 2.45. The van der Waals surface area contributed by atoms with Crippen molar-refractivity contribution >= 4 is 27.5 Å². The first-order valence-electron chi connectivity index (χ1n) is 13.5. The average molecular weight is 605 g/mol. The minimum absolute atomic E-state index is 0.0230. The van der Waals surface area contributed by atoms with Crippen LogP contribution in [0.15, 0.2) is 42.5 Å². The van der Waals surface area contributed by atoms with Crippen LogP contribution in [0, 0.1) is 6.92 Å². The van der Waals surface area contributed by atoms with Gasteiger partial charge >= 0.3 is 6.18 Å². The molecule has 0 fully saturated rings. The summed E-state index contributed by atoms with van der Waals surface area (Å²) in [6.07, 6.45) is -1.91. The number of carbonyl (C=O) groups is 2. The number of amides is 2. The Balaban J connectivity index is 1.49. The van der Waals surface area contributed by atoms with Crippen LogP contribution >= 0.6 is 0 Å². The molecule has 2 N–H and O–H groups in total. The van der Waals surface area contributed by atoms with Gasteiger partial charge in [0.25, 0.3) is 5.91 Å². The van der Waals surface area contributed by atoms with Gasteiger partial charge in [-0.2, -0.15) is 13.2 Å². The average Bonchev–Trinajstić information content (AvgIpc) is 3.23. The quantitative estimate of drug-likeness (QED) is 0.368. The summed E-state index contributed by atoms with van der Waals surface area (Å²) in [6, 6.07) is 12.9. The number of aryl methyl sites for hydroxylation is 2. The lowest BCUT2D eigenvalue weighted by Crippen LogP contribution is -2.53. The van der Waals surface area contributed by atoms with Crippen molar-refractivity contribution in [2.75, 3.05) is 23.9 Å². The Morgan fingerprint density at radius 2 is 1.93 bits per heavy atom. The van der Waals surface area contributed by atoms with E-state index >= 15 is 0 Å². The lowest BCUT2D eigenvalue weighted by molar-refractivity contribution is -0.136. The summed E-state index contributed by atoms with van der Waals surface area (Å²) < 4.78 is 68.0. The van der Waals surface area contributed by atoms with E-state index in [-0.39, 0.29) is 24.4 Å². The van der Waals surface area contributed by atoms with Gasteiger partial charge in [-0.05, 0) is 68.0 Å². The Morgan fingerprint density at radius 1 is 1.19 bits per heavy atom. The van der Waals surface area contributed by atoms with Crippen LogP contribution in [0.4, 0.5) is 19.0 Å². The summed E-state index contributed by atoms with van der Waals surface area (Å²) in [5.74, 6) is -1.56. The van der Waals surface area contributed by atoms with E-state index in [1.54, 1.807) is 10.7 Å². The molecular formula is C29H31F3N4O5S. The molecule has 2 aliphatic rings. The summed E-state index contributed by atoms with van der Waals surface area (Å²) in [5, 5.41) is 10.2. The lowest BCUT2D eigenvalue weighted by Gasteiger charge is -2.42. The van der Waals surface area contributed by atoms with Crippen LogP contribution in [-0.2, 0) is 33.0 Å². The van der Waals surface area contributed by atoms with Crippen LogP contribution in [0.3, 0.4) is 0 Å². The molecule has 0 radical (unpaired) electrons. The topological polar surface area (TPSA) is 119 Å². The van der Waals surface area contributed by atoms with E-state index in [1.165, 1.54) is 0 Å². The third-order valence-electron chi connectivity index (χ3n) is 7.48. The Labute approximate surface area is 241 Å². The number of hydrogen-bond acceptors (Lipinski definition) is 6. The molecule has 13 heteroatoms. The molecule has 1 spiro atoms. The molecule has 2 aromatic carbocycles.